The first-order valence-corrected chi connectivity index (χ1v) is 15.0. The molecule has 1 aromatic heterocycles. The van der Waals surface area contributed by atoms with Crippen LogP contribution in [0, 0.1) is 24.1 Å². The molecule has 10 heteroatoms. The Kier molecular flexibility index (Phi) is 7.01. The van der Waals surface area contributed by atoms with E-state index in [-0.39, 0.29) is 47.5 Å². The Balaban J connectivity index is 1.33. The van der Waals surface area contributed by atoms with Crippen LogP contribution in [-0.2, 0) is 11.2 Å². The van der Waals surface area contributed by atoms with Crippen LogP contribution < -0.4 is 9.64 Å². The first-order valence-electron chi connectivity index (χ1n) is 15.0. The van der Waals surface area contributed by atoms with Gasteiger partial charge in [0.05, 0.1) is 5.56 Å². The molecular weight excluding hydrogens is 550 g/mol. The van der Waals surface area contributed by atoms with Crippen molar-refractivity contribution in [2.45, 2.75) is 43.7 Å². The number of benzene rings is 2. The molecule has 4 atom stereocenters. The van der Waals surface area contributed by atoms with Gasteiger partial charge in [-0.05, 0) is 79.9 Å². The van der Waals surface area contributed by atoms with E-state index in [4.69, 9.17) is 16.3 Å². The van der Waals surface area contributed by atoms with E-state index in [2.05, 4.69) is 27.4 Å². The molecule has 43 heavy (non-hydrogen) atoms. The van der Waals surface area contributed by atoms with Crippen molar-refractivity contribution < 1.29 is 18.3 Å². The van der Waals surface area contributed by atoms with Gasteiger partial charge in [0.2, 0.25) is 12.5 Å². The summed E-state index contributed by atoms with van der Waals surface area (Å²) in [6.07, 6.45) is 5.32. The molecule has 3 heterocycles. The fraction of sp³-hybridized carbons (Fsp3) is 0.455. The van der Waals surface area contributed by atoms with Crippen LogP contribution in [0.25, 0.3) is 26.9 Å². The Hall–Kier alpha value is -4.10. The van der Waals surface area contributed by atoms with Crippen molar-refractivity contribution in [3.63, 3.8) is 0 Å². The zero-order valence-corrected chi connectivity index (χ0v) is 24.2. The molecule has 0 bridgehead atoms. The third-order valence-corrected chi connectivity index (χ3v) is 9.70. The van der Waals surface area contributed by atoms with Crippen molar-refractivity contribution in [1.82, 2.24) is 19.8 Å². The Labute approximate surface area is 249 Å². The molecule has 0 spiro atoms. The van der Waals surface area contributed by atoms with Gasteiger partial charge >= 0.3 is 6.01 Å². The highest BCUT2D eigenvalue weighted by Crippen LogP contribution is 2.59. The van der Waals surface area contributed by atoms with Crippen LogP contribution >= 0.6 is 0 Å². The SMILES string of the molecule is [C-]#[N+]C[C@H]1CN(c2nc(OC[C@@H]3CCCN3C)nc3c(F)c(-c4cccc5c4C4CC4C5)c(F)cc23)CCN1C(=O)C=C. The number of carbonyl (C=O) groups excluding carboxylic acids is 1. The van der Waals surface area contributed by atoms with Crippen LogP contribution in [0.3, 0.4) is 0 Å². The maximum absolute atomic E-state index is 16.7. The number of piperazine rings is 1. The van der Waals surface area contributed by atoms with Gasteiger partial charge < -0.3 is 24.3 Å². The van der Waals surface area contributed by atoms with Crippen molar-refractivity contribution in [2.24, 2.45) is 5.92 Å². The number of amides is 1. The van der Waals surface area contributed by atoms with Gasteiger partial charge in [0.25, 0.3) is 0 Å². The predicted molar refractivity (Wildman–Crippen MR) is 160 cm³/mol. The van der Waals surface area contributed by atoms with Crippen molar-refractivity contribution in [3.05, 3.63) is 71.1 Å². The number of likely N-dealkylation sites (N-methyl/N-ethyl adjacent to an activating group) is 1. The highest BCUT2D eigenvalue weighted by Gasteiger charge is 2.46. The molecule has 2 aromatic carbocycles. The minimum absolute atomic E-state index is 0.00505. The first-order chi connectivity index (χ1) is 20.9. The standard InChI is InChI=1S/C33H34F2N6O2/c1-4-27(42)41-12-11-40(17-22(41)16-36-2)32-25-15-26(34)29(23-9-5-7-19-13-20-14-24(20)28(19)23)30(35)31(25)37-33(38-32)43-18-21-8-6-10-39(21)3/h4-5,7,9,15,20-22,24H,1,6,8,10-14,16-18H2,3H3/t20?,21-,22-,24?/m0/s1. The van der Waals surface area contributed by atoms with Gasteiger partial charge in [-0.1, -0.05) is 24.8 Å². The predicted octanol–water partition coefficient (Wildman–Crippen LogP) is 4.83. The molecule has 0 N–H and O–H groups in total. The number of hydrogen-bond donors (Lipinski definition) is 0. The van der Waals surface area contributed by atoms with Gasteiger partial charge in [-0.25, -0.2) is 15.4 Å². The van der Waals surface area contributed by atoms with Crippen molar-refractivity contribution >= 4 is 22.6 Å². The summed E-state index contributed by atoms with van der Waals surface area (Å²) >= 11 is 0. The number of nitrogens with zero attached hydrogens (tertiary/aromatic N) is 6. The van der Waals surface area contributed by atoms with E-state index in [1.165, 1.54) is 17.7 Å². The van der Waals surface area contributed by atoms with Crippen molar-refractivity contribution in [2.75, 3.05) is 51.3 Å². The molecule has 2 aliphatic carbocycles. The van der Waals surface area contributed by atoms with Crippen LogP contribution in [0.5, 0.6) is 6.01 Å². The second-order valence-electron chi connectivity index (χ2n) is 12.2. The zero-order valence-electron chi connectivity index (χ0n) is 24.2. The number of rotatable bonds is 7. The smallest absolute Gasteiger partial charge is 0.319 e. The molecule has 222 valence electrons. The van der Waals surface area contributed by atoms with E-state index < -0.39 is 17.7 Å². The number of hydrogen-bond acceptors (Lipinski definition) is 6. The van der Waals surface area contributed by atoms with Crippen LogP contribution in [0.1, 0.15) is 36.3 Å². The second kappa shape index (κ2) is 10.9. The van der Waals surface area contributed by atoms with E-state index in [0.717, 1.165) is 37.8 Å². The van der Waals surface area contributed by atoms with E-state index in [0.29, 0.717) is 42.9 Å². The number of fused-ring (bicyclic) bond motifs is 4. The minimum atomic E-state index is -0.725. The van der Waals surface area contributed by atoms with Gasteiger partial charge in [0.15, 0.2) is 5.82 Å². The molecule has 1 amide bonds. The van der Waals surface area contributed by atoms with Crippen LogP contribution in [-0.4, -0.2) is 84.1 Å². The normalized spacial score (nSPS) is 24.5. The van der Waals surface area contributed by atoms with Gasteiger partial charge in [0, 0.05) is 31.1 Å². The molecule has 2 saturated heterocycles. The Morgan fingerprint density at radius 1 is 1.23 bits per heavy atom. The summed E-state index contributed by atoms with van der Waals surface area (Å²) in [6.45, 7) is 13.4. The number of carbonyl (C=O) groups is 1. The molecule has 7 rings (SSSR count). The second-order valence-corrected chi connectivity index (χ2v) is 12.2. The van der Waals surface area contributed by atoms with Gasteiger partial charge in [-0.3, -0.25) is 4.79 Å². The summed E-state index contributed by atoms with van der Waals surface area (Å²) in [5.41, 5.74) is 2.78. The molecule has 2 aliphatic heterocycles. The summed E-state index contributed by atoms with van der Waals surface area (Å²) in [5.74, 6) is -0.367. The van der Waals surface area contributed by atoms with E-state index in [1.807, 2.05) is 24.1 Å². The summed E-state index contributed by atoms with van der Waals surface area (Å²) in [6, 6.07) is 6.89. The summed E-state index contributed by atoms with van der Waals surface area (Å²) < 4.78 is 38.8. The number of anilines is 1. The largest absolute Gasteiger partial charge is 0.462 e. The molecule has 3 fully saturated rings. The average Bonchev–Trinajstić information content (AvgIpc) is 3.48. The van der Waals surface area contributed by atoms with Gasteiger partial charge in [-0.2, -0.15) is 9.97 Å². The monoisotopic (exact) mass is 584 g/mol. The third kappa shape index (κ3) is 4.80. The molecule has 3 aromatic rings. The highest BCUT2D eigenvalue weighted by atomic mass is 19.1. The van der Waals surface area contributed by atoms with Gasteiger partial charge in [0.1, 0.15) is 29.8 Å². The van der Waals surface area contributed by atoms with Crippen LogP contribution in [0.15, 0.2) is 36.9 Å². The summed E-state index contributed by atoms with van der Waals surface area (Å²) in [5, 5.41) is 0.242. The number of ether oxygens (including phenoxy) is 1. The topological polar surface area (TPSA) is 66.2 Å². The van der Waals surface area contributed by atoms with E-state index in [9.17, 15) is 4.79 Å². The summed E-state index contributed by atoms with van der Waals surface area (Å²) in [7, 11) is 2.05. The number of likely N-dealkylation sites (tertiary alicyclic amines) is 1. The van der Waals surface area contributed by atoms with E-state index >= 15 is 8.78 Å². The van der Waals surface area contributed by atoms with Crippen LogP contribution in [0.4, 0.5) is 14.6 Å². The number of aromatic nitrogens is 2. The quantitative estimate of drug-likeness (QED) is 0.293. The highest BCUT2D eigenvalue weighted by molar-refractivity contribution is 5.95. The molecule has 8 nitrogen and oxygen atoms in total. The Morgan fingerprint density at radius 3 is 2.86 bits per heavy atom. The maximum atomic E-state index is 16.7. The molecule has 0 radical (unpaired) electrons. The fourth-order valence-electron chi connectivity index (χ4n) is 7.35. The van der Waals surface area contributed by atoms with Crippen molar-refractivity contribution in [3.8, 4) is 17.1 Å². The Morgan fingerprint density at radius 2 is 2.09 bits per heavy atom. The maximum Gasteiger partial charge on any atom is 0.319 e. The lowest BCUT2D eigenvalue weighted by molar-refractivity contribution is -0.128. The fourth-order valence-corrected chi connectivity index (χ4v) is 7.35. The summed E-state index contributed by atoms with van der Waals surface area (Å²) in [4.78, 5) is 31.0. The van der Waals surface area contributed by atoms with E-state index in [1.54, 1.807) is 4.90 Å². The lowest BCUT2D eigenvalue weighted by atomic mass is 9.93. The first kappa shape index (κ1) is 27.7. The average molecular weight is 585 g/mol. The lowest BCUT2D eigenvalue weighted by Crippen LogP contribution is -2.56. The van der Waals surface area contributed by atoms with Gasteiger partial charge in [-0.15, -0.1) is 0 Å². The molecule has 2 unspecified atom stereocenters. The third-order valence-electron chi connectivity index (χ3n) is 9.70. The van der Waals surface area contributed by atoms with Crippen LogP contribution in [0.2, 0.25) is 0 Å². The molecular formula is C33H34F2N6O2. The number of halogens is 2. The minimum Gasteiger partial charge on any atom is -0.462 e. The zero-order chi connectivity index (χ0) is 29.8. The van der Waals surface area contributed by atoms with Crippen molar-refractivity contribution in [1.29, 1.82) is 0 Å². The lowest BCUT2D eigenvalue weighted by Gasteiger charge is -2.39. The molecule has 4 aliphatic rings. The molecule has 1 saturated carbocycles. The Bertz CT molecular complexity index is 1670.